The SMILES string of the molecule is CC(=O)Oc1ccc(CC(N)C(=O)OCc2ccccc2)cc1OC(C)=O. The van der Waals surface area contributed by atoms with Crippen LogP contribution in [0.1, 0.15) is 25.0 Å². The molecule has 2 aromatic rings. The second-order valence-corrected chi connectivity index (χ2v) is 5.87. The molecule has 7 nitrogen and oxygen atoms in total. The highest BCUT2D eigenvalue weighted by Gasteiger charge is 2.18. The van der Waals surface area contributed by atoms with Gasteiger partial charge in [0.15, 0.2) is 11.5 Å². The minimum Gasteiger partial charge on any atom is -0.460 e. The van der Waals surface area contributed by atoms with Gasteiger partial charge in [0.1, 0.15) is 12.6 Å². The summed E-state index contributed by atoms with van der Waals surface area (Å²) in [6.07, 6.45) is 0.169. The fraction of sp³-hybridized carbons (Fsp3) is 0.250. The van der Waals surface area contributed by atoms with E-state index in [2.05, 4.69) is 0 Å². The topological polar surface area (TPSA) is 105 Å². The van der Waals surface area contributed by atoms with E-state index in [9.17, 15) is 14.4 Å². The fourth-order valence-corrected chi connectivity index (χ4v) is 2.33. The molecule has 0 aliphatic rings. The molecule has 0 heterocycles. The number of hydrogen-bond acceptors (Lipinski definition) is 7. The Kier molecular flexibility index (Phi) is 7.08. The Labute approximate surface area is 157 Å². The van der Waals surface area contributed by atoms with Crippen LogP contribution in [0, 0.1) is 0 Å². The summed E-state index contributed by atoms with van der Waals surface area (Å²) in [7, 11) is 0. The third-order valence-electron chi connectivity index (χ3n) is 3.50. The van der Waals surface area contributed by atoms with Crippen LogP contribution in [-0.2, 0) is 32.1 Å². The first-order valence-electron chi connectivity index (χ1n) is 8.31. The molecule has 0 aliphatic carbocycles. The number of rotatable bonds is 7. The van der Waals surface area contributed by atoms with Crippen molar-refractivity contribution >= 4 is 17.9 Å². The normalized spacial score (nSPS) is 11.4. The van der Waals surface area contributed by atoms with Crippen LogP contribution < -0.4 is 15.2 Å². The van der Waals surface area contributed by atoms with E-state index in [1.807, 2.05) is 30.3 Å². The molecule has 27 heavy (non-hydrogen) atoms. The molecule has 0 fully saturated rings. The molecule has 0 saturated heterocycles. The van der Waals surface area contributed by atoms with Gasteiger partial charge in [0.2, 0.25) is 0 Å². The molecule has 0 bridgehead atoms. The number of nitrogens with two attached hydrogens (primary N) is 1. The number of carbonyl (C=O) groups is 3. The standard InChI is InChI=1S/C20H21NO6/c1-13(22)26-18-9-8-16(11-19(18)27-14(2)23)10-17(21)20(24)25-12-15-6-4-3-5-7-15/h3-9,11,17H,10,12,21H2,1-2H3. The Morgan fingerprint density at radius 2 is 1.52 bits per heavy atom. The minimum absolute atomic E-state index is 0.0834. The molecule has 0 aromatic heterocycles. The quantitative estimate of drug-likeness (QED) is 0.587. The van der Waals surface area contributed by atoms with E-state index in [1.54, 1.807) is 6.07 Å². The summed E-state index contributed by atoms with van der Waals surface area (Å²) in [5, 5.41) is 0. The third kappa shape index (κ3) is 6.56. The summed E-state index contributed by atoms with van der Waals surface area (Å²) in [6.45, 7) is 2.61. The summed E-state index contributed by atoms with van der Waals surface area (Å²) in [5.74, 6) is -1.46. The molecule has 1 unspecified atom stereocenters. The van der Waals surface area contributed by atoms with Crippen LogP contribution in [0.15, 0.2) is 48.5 Å². The summed E-state index contributed by atoms with van der Waals surface area (Å²) >= 11 is 0. The Morgan fingerprint density at radius 3 is 2.15 bits per heavy atom. The molecule has 2 aromatic carbocycles. The molecule has 0 radical (unpaired) electrons. The Hall–Kier alpha value is -3.19. The van der Waals surface area contributed by atoms with Gasteiger partial charge in [0.05, 0.1) is 0 Å². The van der Waals surface area contributed by atoms with Crippen LogP contribution in [0.3, 0.4) is 0 Å². The van der Waals surface area contributed by atoms with Gasteiger partial charge in [-0.1, -0.05) is 36.4 Å². The van der Waals surface area contributed by atoms with Crippen molar-refractivity contribution in [3.63, 3.8) is 0 Å². The van der Waals surface area contributed by atoms with Crippen LogP contribution in [0.5, 0.6) is 11.5 Å². The van der Waals surface area contributed by atoms with E-state index in [1.165, 1.54) is 26.0 Å². The van der Waals surface area contributed by atoms with Gasteiger partial charge in [-0.05, 0) is 29.7 Å². The van der Waals surface area contributed by atoms with Gasteiger partial charge in [0, 0.05) is 13.8 Å². The molecule has 7 heteroatoms. The maximum Gasteiger partial charge on any atom is 0.323 e. The molecular weight excluding hydrogens is 350 g/mol. The number of hydrogen-bond donors (Lipinski definition) is 1. The zero-order valence-corrected chi connectivity index (χ0v) is 15.1. The van der Waals surface area contributed by atoms with Crippen LogP contribution in [0.2, 0.25) is 0 Å². The minimum atomic E-state index is -0.890. The second kappa shape index (κ2) is 9.49. The van der Waals surface area contributed by atoms with Crippen LogP contribution >= 0.6 is 0 Å². The zero-order chi connectivity index (χ0) is 19.8. The zero-order valence-electron chi connectivity index (χ0n) is 15.1. The maximum absolute atomic E-state index is 12.1. The summed E-state index contributed by atoms with van der Waals surface area (Å²) in [6, 6.07) is 13.0. The van der Waals surface area contributed by atoms with Gasteiger partial charge in [-0.3, -0.25) is 14.4 Å². The predicted molar refractivity (Wildman–Crippen MR) is 97.0 cm³/mol. The molecule has 1 atom stereocenters. The van der Waals surface area contributed by atoms with Gasteiger partial charge in [-0.15, -0.1) is 0 Å². The van der Waals surface area contributed by atoms with Gasteiger partial charge >= 0.3 is 17.9 Å². The fourth-order valence-electron chi connectivity index (χ4n) is 2.33. The van der Waals surface area contributed by atoms with E-state index >= 15 is 0 Å². The number of esters is 3. The second-order valence-electron chi connectivity index (χ2n) is 5.87. The lowest BCUT2D eigenvalue weighted by molar-refractivity contribution is -0.146. The van der Waals surface area contributed by atoms with Crippen molar-refractivity contribution in [3.8, 4) is 11.5 Å². The first-order valence-corrected chi connectivity index (χ1v) is 8.31. The average Bonchev–Trinajstić information content (AvgIpc) is 2.62. The molecule has 2 rings (SSSR count). The molecule has 0 spiro atoms. The van der Waals surface area contributed by atoms with Crippen LogP contribution in [0.25, 0.3) is 0 Å². The molecule has 0 amide bonds. The van der Waals surface area contributed by atoms with E-state index < -0.39 is 23.9 Å². The van der Waals surface area contributed by atoms with Crippen molar-refractivity contribution in [2.45, 2.75) is 32.9 Å². The van der Waals surface area contributed by atoms with E-state index in [-0.39, 0.29) is 24.5 Å². The Morgan fingerprint density at radius 1 is 0.889 bits per heavy atom. The van der Waals surface area contributed by atoms with Crippen molar-refractivity contribution in [1.29, 1.82) is 0 Å². The Bertz CT molecular complexity index is 818. The first kappa shape index (κ1) is 20.1. The predicted octanol–water partition coefficient (Wildman–Crippen LogP) is 2.15. The largest absolute Gasteiger partial charge is 0.460 e. The summed E-state index contributed by atoms with van der Waals surface area (Å²) in [4.78, 5) is 34.5. The number of benzene rings is 2. The van der Waals surface area contributed by atoms with Crippen molar-refractivity contribution in [1.82, 2.24) is 0 Å². The highest BCUT2D eigenvalue weighted by molar-refractivity contribution is 5.76. The first-order chi connectivity index (χ1) is 12.8. The summed E-state index contributed by atoms with van der Waals surface area (Å²) < 4.78 is 15.3. The van der Waals surface area contributed by atoms with Gasteiger partial charge < -0.3 is 19.9 Å². The van der Waals surface area contributed by atoms with E-state index in [0.29, 0.717) is 5.56 Å². The third-order valence-corrected chi connectivity index (χ3v) is 3.50. The van der Waals surface area contributed by atoms with Gasteiger partial charge in [-0.2, -0.15) is 0 Å². The smallest absolute Gasteiger partial charge is 0.323 e. The lowest BCUT2D eigenvalue weighted by atomic mass is 10.1. The molecule has 142 valence electrons. The number of carbonyl (C=O) groups excluding carboxylic acids is 3. The van der Waals surface area contributed by atoms with Gasteiger partial charge in [-0.25, -0.2) is 0 Å². The van der Waals surface area contributed by atoms with E-state index in [4.69, 9.17) is 19.9 Å². The average molecular weight is 371 g/mol. The highest BCUT2D eigenvalue weighted by Crippen LogP contribution is 2.29. The number of ether oxygens (including phenoxy) is 3. The Balaban J connectivity index is 2.03. The van der Waals surface area contributed by atoms with Gasteiger partial charge in [0.25, 0.3) is 0 Å². The molecular formula is C20H21NO6. The van der Waals surface area contributed by atoms with Crippen molar-refractivity contribution < 1.29 is 28.6 Å². The maximum atomic E-state index is 12.1. The monoisotopic (exact) mass is 371 g/mol. The van der Waals surface area contributed by atoms with Crippen LogP contribution in [-0.4, -0.2) is 23.9 Å². The van der Waals surface area contributed by atoms with Crippen molar-refractivity contribution in [2.24, 2.45) is 5.73 Å². The molecule has 0 aliphatic heterocycles. The molecule has 2 N–H and O–H groups in total. The lowest BCUT2D eigenvalue weighted by Gasteiger charge is -2.14. The molecule has 0 saturated carbocycles. The van der Waals surface area contributed by atoms with E-state index in [0.717, 1.165) is 5.56 Å². The highest BCUT2D eigenvalue weighted by atomic mass is 16.6. The van der Waals surface area contributed by atoms with Crippen molar-refractivity contribution in [2.75, 3.05) is 0 Å². The van der Waals surface area contributed by atoms with Crippen molar-refractivity contribution in [3.05, 3.63) is 59.7 Å². The lowest BCUT2D eigenvalue weighted by Crippen LogP contribution is -2.34. The van der Waals surface area contributed by atoms with Crippen LogP contribution in [0.4, 0.5) is 0 Å². The summed E-state index contributed by atoms with van der Waals surface area (Å²) in [5.41, 5.74) is 7.41.